The van der Waals surface area contributed by atoms with Crippen LogP contribution in [0.5, 0.6) is 17.2 Å². The third kappa shape index (κ3) is 13.2. The molecule has 2 aromatic carbocycles. The van der Waals surface area contributed by atoms with Gasteiger partial charge in [-0.25, -0.2) is 0 Å². The van der Waals surface area contributed by atoms with Crippen molar-refractivity contribution in [1.82, 2.24) is 4.90 Å². The number of carbonyl (C=O) groups excluding carboxylic acids is 1. The van der Waals surface area contributed by atoms with E-state index in [1.165, 1.54) is 50.7 Å². The number of carbonyl (C=O) groups is 1. The van der Waals surface area contributed by atoms with Crippen molar-refractivity contribution < 1.29 is 39.0 Å². The van der Waals surface area contributed by atoms with Crippen molar-refractivity contribution >= 4 is 17.3 Å². The Labute approximate surface area is 382 Å². The standard InChI is InChI=1S/C52H77N3O9/c1-7-10-11-12-13-14-15-16-17-27-48(58)54(30-8-2)47-37-45(53-64-51(4,5)6)43-34-38(23-18-20-31-56)42(26-19-21-32-57)49-44-36-41(62-40-25-22-24-39(35-40)55(59)60)28-29-46(44)63-52(47,50(43)49)61-33-9-3/h9,22,24-25,28-29,34-36,38,42,47,49-50,56-57H,3,7-8,10-21,23,26-27,30-33,37H2,1-2,4-6H3. The van der Waals surface area contributed by atoms with Crippen molar-refractivity contribution in [2.75, 3.05) is 26.4 Å². The first-order valence-electron chi connectivity index (χ1n) is 24.4. The quantitative estimate of drug-likeness (QED) is 0.0368. The van der Waals surface area contributed by atoms with Crippen LogP contribution in [0.25, 0.3) is 0 Å². The molecule has 1 saturated carbocycles. The Hall–Kier alpha value is -4.26. The van der Waals surface area contributed by atoms with E-state index in [1.807, 2.05) is 43.9 Å². The number of rotatable bonds is 28. The number of hydrogen-bond acceptors (Lipinski definition) is 10. The second-order valence-corrected chi connectivity index (χ2v) is 19.0. The van der Waals surface area contributed by atoms with Crippen LogP contribution in [0, 0.1) is 27.9 Å². The van der Waals surface area contributed by atoms with Crippen molar-refractivity contribution in [1.29, 1.82) is 0 Å². The average molecular weight is 888 g/mol. The zero-order valence-corrected chi connectivity index (χ0v) is 39.4. The van der Waals surface area contributed by atoms with Gasteiger partial charge < -0.3 is 34.2 Å². The third-order valence-electron chi connectivity index (χ3n) is 13.0. The first-order chi connectivity index (χ1) is 30.9. The molecule has 2 aromatic rings. The summed E-state index contributed by atoms with van der Waals surface area (Å²) >= 11 is 0. The Morgan fingerprint density at radius 1 is 0.938 bits per heavy atom. The fourth-order valence-electron chi connectivity index (χ4n) is 10.1. The summed E-state index contributed by atoms with van der Waals surface area (Å²) in [6, 6.07) is 11.3. The minimum Gasteiger partial charge on any atom is -0.459 e. The van der Waals surface area contributed by atoms with Crippen LogP contribution in [-0.2, 0) is 14.4 Å². The molecular formula is C52H77N3O9. The minimum atomic E-state index is -1.34. The van der Waals surface area contributed by atoms with Gasteiger partial charge in [-0.15, -0.1) is 6.58 Å². The third-order valence-corrected chi connectivity index (χ3v) is 13.0. The van der Waals surface area contributed by atoms with Crippen LogP contribution in [0.2, 0.25) is 0 Å². The average Bonchev–Trinajstić information content (AvgIpc) is 3.27. The predicted molar refractivity (Wildman–Crippen MR) is 253 cm³/mol. The lowest BCUT2D eigenvalue weighted by Gasteiger charge is -2.60. The summed E-state index contributed by atoms with van der Waals surface area (Å²) < 4.78 is 20.9. The number of hydrogen-bond donors (Lipinski definition) is 2. The maximum atomic E-state index is 14.8. The topological polar surface area (TPSA) is 153 Å². The van der Waals surface area contributed by atoms with E-state index < -0.39 is 28.3 Å². The molecule has 0 aromatic heterocycles. The molecule has 0 bridgehead atoms. The number of benzene rings is 2. The number of aliphatic hydroxyl groups excluding tert-OH is 2. The Bertz CT molecular complexity index is 1870. The van der Waals surface area contributed by atoms with E-state index in [4.69, 9.17) is 24.2 Å². The van der Waals surface area contributed by atoms with E-state index in [2.05, 4.69) is 26.5 Å². The molecule has 1 amide bonds. The summed E-state index contributed by atoms with van der Waals surface area (Å²) in [4.78, 5) is 34.3. The highest BCUT2D eigenvalue weighted by Crippen LogP contribution is 2.62. The highest BCUT2D eigenvalue weighted by molar-refractivity contribution is 6.03. The molecule has 0 saturated heterocycles. The second kappa shape index (κ2) is 24.9. The van der Waals surface area contributed by atoms with Gasteiger partial charge in [0.05, 0.1) is 29.2 Å². The molecule has 12 heteroatoms. The van der Waals surface area contributed by atoms with Crippen LogP contribution >= 0.6 is 0 Å². The monoisotopic (exact) mass is 888 g/mol. The number of fused-ring (bicyclic) bond motifs is 2. The summed E-state index contributed by atoms with van der Waals surface area (Å²) in [6.07, 6.45) is 20.6. The summed E-state index contributed by atoms with van der Waals surface area (Å²) in [5, 5.41) is 36.5. The molecule has 1 fully saturated rings. The van der Waals surface area contributed by atoms with E-state index >= 15 is 0 Å². The van der Waals surface area contributed by atoms with Gasteiger partial charge in [0.15, 0.2) is 0 Å². The van der Waals surface area contributed by atoms with E-state index in [1.54, 1.807) is 18.2 Å². The highest BCUT2D eigenvalue weighted by Gasteiger charge is 2.65. The second-order valence-electron chi connectivity index (χ2n) is 19.0. The summed E-state index contributed by atoms with van der Waals surface area (Å²) in [6.45, 7) is 15.2. The Kier molecular flexibility index (Phi) is 19.7. The van der Waals surface area contributed by atoms with Crippen molar-refractivity contribution in [3.05, 3.63) is 82.4 Å². The first kappa shape index (κ1) is 50.7. The molecule has 0 radical (unpaired) electrons. The zero-order valence-electron chi connectivity index (χ0n) is 39.4. The van der Waals surface area contributed by atoms with Crippen molar-refractivity contribution in [2.45, 2.75) is 174 Å². The van der Waals surface area contributed by atoms with Crippen LogP contribution in [0.4, 0.5) is 5.69 Å². The zero-order chi connectivity index (χ0) is 46.1. The molecule has 1 heterocycles. The van der Waals surface area contributed by atoms with E-state index in [9.17, 15) is 25.1 Å². The molecule has 12 nitrogen and oxygen atoms in total. The maximum Gasteiger partial charge on any atom is 0.273 e. The Morgan fingerprint density at radius 2 is 1.62 bits per heavy atom. The van der Waals surface area contributed by atoms with Gasteiger partial charge in [-0.05, 0) is 101 Å². The van der Waals surface area contributed by atoms with Crippen LogP contribution in [-0.4, -0.2) is 75.5 Å². The van der Waals surface area contributed by atoms with Gasteiger partial charge in [0, 0.05) is 50.1 Å². The summed E-state index contributed by atoms with van der Waals surface area (Å²) in [7, 11) is 0. The normalized spacial score (nSPS) is 23.1. The molecule has 1 aliphatic heterocycles. The van der Waals surface area contributed by atoms with Gasteiger partial charge in [-0.1, -0.05) is 101 Å². The van der Waals surface area contributed by atoms with Gasteiger partial charge in [0.1, 0.15) is 28.9 Å². The van der Waals surface area contributed by atoms with Crippen LogP contribution in [0.15, 0.2) is 71.9 Å². The number of aliphatic hydroxyl groups is 2. The smallest absolute Gasteiger partial charge is 0.273 e. The van der Waals surface area contributed by atoms with Gasteiger partial charge in [-0.2, -0.15) is 0 Å². The molecule has 2 aliphatic carbocycles. The lowest BCUT2D eigenvalue weighted by molar-refractivity contribution is -0.384. The number of nitro groups is 1. The van der Waals surface area contributed by atoms with Gasteiger partial charge in [-0.3, -0.25) is 14.9 Å². The van der Waals surface area contributed by atoms with E-state index in [-0.39, 0.29) is 49.2 Å². The van der Waals surface area contributed by atoms with Gasteiger partial charge in [0.25, 0.3) is 5.69 Å². The molecule has 3 aliphatic rings. The molecule has 6 atom stereocenters. The fraction of sp³-hybridized carbons (Fsp3) is 0.654. The van der Waals surface area contributed by atoms with E-state index in [0.717, 1.165) is 68.2 Å². The Balaban J connectivity index is 1.66. The Morgan fingerprint density at radius 3 is 2.28 bits per heavy atom. The molecular weight excluding hydrogens is 811 g/mol. The number of allylic oxidation sites excluding steroid dienone is 1. The summed E-state index contributed by atoms with van der Waals surface area (Å²) in [5.41, 5.74) is 2.00. The number of amides is 1. The van der Waals surface area contributed by atoms with Crippen LogP contribution in [0.3, 0.4) is 0 Å². The largest absolute Gasteiger partial charge is 0.459 e. The first-order valence-corrected chi connectivity index (χ1v) is 24.4. The number of nitro benzene ring substituents is 1. The van der Waals surface area contributed by atoms with Gasteiger partial charge >= 0.3 is 0 Å². The molecule has 0 spiro atoms. The molecule has 354 valence electrons. The van der Waals surface area contributed by atoms with Crippen molar-refractivity contribution in [3.63, 3.8) is 0 Å². The number of non-ortho nitro benzene ring substituents is 1. The number of unbranched alkanes of at least 4 members (excludes halogenated alkanes) is 10. The van der Waals surface area contributed by atoms with Crippen molar-refractivity contribution in [2.24, 2.45) is 22.9 Å². The van der Waals surface area contributed by atoms with Crippen LogP contribution in [0.1, 0.15) is 162 Å². The molecule has 2 N–H and O–H groups in total. The van der Waals surface area contributed by atoms with E-state index in [0.29, 0.717) is 49.5 Å². The molecule has 5 rings (SSSR count). The number of nitrogens with zero attached hydrogens (tertiary/aromatic N) is 3. The summed E-state index contributed by atoms with van der Waals surface area (Å²) in [5.74, 6) is -0.347. The van der Waals surface area contributed by atoms with Crippen molar-refractivity contribution in [3.8, 4) is 17.2 Å². The molecule has 64 heavy (non-hydrogen) atoms. The number of oxime groups is 1. The lowest BCUT2D eigenvalue weighted by Crippen LogP contribution is -2.70. The lowest BCUT2D eigenvalue weighted by atomic mass is 9.55. The predicted octanol–water partition coefficient (Wildman–Crippen LogP) is 12.0. The number of ether oxygens (including phenoxy) is 3. The minimum absolute atomic E-state index is 0.0437. The van der Waals surface area contributed by atoms with Crippen LogP contribution < -0.4 is 9.47 Å². The SMILES string of the molecule is C=CCOC12Oc3ccc(Oc4cccc([N+](=O)[O-])c4)cc3C3C(CCCCO)C(CCCCO)C=C(C(=NOC(C)(C)C)CC1N(CCC)C(=O)CCCCCCCCCCC)C32. The highest BCUT2D eigenvalue weighted by atomic mass is 16.7. The maximum absolute atomic E-state index is 14.8. The fourth-order valence-corrected chi connectivity index (χ4v) is 10.1. The molecule has 6 unspecified atom stereocenters. The van der Waals surface area contributed by atoms with Gasteiger partial charge in [0.2, 0.25) is 11.7 Å².